The number of anilines is 1. The minimum absolute atomic E-state index is 0.133. The van der Waals surface area contributed by atoms with Crippen molar-refractivity contribution < 1.29 is 9.90 Å². The van der Waals surface area contributed by atoms with E-state index in [-0.39, 0.29) is 10.6 Å². The first-order valence-corrected chi connectivity index (χ1v) is 7.10. The van der Waals surface area contributed by atoms with Gasteiger partial charge >= 0.3 is 5.97 Å². The van der Waals surface area contributed by atoms with Gasteiger partial charge in [-0.25, -0.2) is 4.79 Å². The van der Waals surface area contributed by atoms with E-state index in [1.807, 2.05) is 36.9 Å². The van der Waals surface area contributed by atoms with Gasteiger partial charge in [-0.15, -0.1) is 0 Å². The van der Waals surface area contributed by atoms with Crippen LogP contribution in [0.15, 0.2) is 36.4 Å². The SMILES string of the molecule is CCN(Cc1cccc(C)n1)c1cccc(Cl)c1C(=O)O. The minimum atomic E-state index is -1.02. The maximum atomic E-state index is 11.4. The lowest BCUT2D eigenvalue weighted by Gasteiger charge is -2.25. The van der Waals surface area contributed by atoms with Crippen LogP contribution in [-0.2, 0) is 6.54 Å². The van der Waals surface area contributed by atoms with Crippen LogP contribution in [0.1, 0.15) is 28.7 Å². The molecule has 0 spiro atoms. The van der Waals surface area contributed by atoms with Gasteiger partial charge in [-0.3, -0.25) is 4.98 Å². The number of pyridine rings is 1. The maximum absolute atomic E-state index is 11.4. The molecule has 5 heteroatoms. The molecule has 110 valence electrons. The molecule has 0 amide bonds. The molecular weight excluding hydrogens is 288 g/mol. The number of rotatable bonds is 5. The van der Waals surface area contributed by atoms with Crippen molar-refractivity contribution in [2.45, 2.75) is 20.4 Å². The van der Waals surface area contributed by atoms with Crippen molar-refractivity contribution in [2.75, 3.05) is 11.4 Å². The Labute approximate surface area is 129 Å². The summed E-state index contributed by atoms with van der Waals surface area (Å²) in [6.45, 7) is 5.11. The van der Waals surface area contributed by atoms with E-state index in [9.17, 15) is 9.90 Å². The maximum Gasteiger partial charge on any atom is 0.339 e. The molecule has 0 bridgehead atoms. The molecule has 21 heavy (non-hydrogen) atoms. The predicted molar refractivity (Wildman–Crippen MR) is 84.1 cm³/mol. The highest BCUT2D eigenvalue weighted by Gasteiger charge is 2.18. The standard InChI is InChI=1S/C16H17ClN2O2/c1-3-19(10-12-7-4-6-11(2)18-12)14-9-5-8-13(17)15(14)16(20)21/h4-9H,3,10H2,1-2H3,(H,20,21). The van der Waals surface area contributed by atoms with Gasteiger partial charge in [0.15, 0.2) is 0 Å². The Morgan fingerprint density at radius 2 is 2.00 bits per heavy atom. The summed E-state index contributed by atoms with van der Waals surface area (Å²) in [5.41, 5.74) is 2.58. The van der Waals surface area contributed by atoms with Crippen LogP contribution in [0.5, 0.6) is 0 Å². The number of nitrogens with zero attached hydrogens (tertiary/aromatic N) is 2. The first-order chi connectivity index (χ1) is 10.0. The number of aromatic carboxylic acids is 1. The number of carboxylic acid groups (broad SMARTS) is 1. The van der Waals surface area contributed by atoms with E-state index in [4.69, 9.17) is 11.6 Å². The summed E-state index contributed by atoms with van der Waals surface area (Å²) in [5.74, 6) is -1.02. The first kappa shape index (κ1) is 15.3. The van der Waals surface area contributed by atoms with E-state index < -0.39 is 5.97 Å². The zero-order chi connectivity index (χ0) is 15.4. The molecule has 4 nitrogen and oxygen atoms in total. The monoisotopic (exact) mass is 304 g/mol. The van der Waals surface area contributed by atoms with Crippen molar-refractivity contribution in [1.82, 2.24) is 4.98 Å². The molecule has 2 aromatic rings. The lowest BCUT2D eigenvalue weighted by Crippen LogP contribution is -2.25. The number of carbonyl (C=O) groups is 1. The minimum Gasteiger partial charge on any atom is -0.478 e. The van der Waals surface area contributed by atoms with Crippen molar-refractivity contribution in [3.63, 3.8) is 0 Å². The molecule has 0 atom stereocenters. The number of aromatic nitrogens is 1. The van der Waals surface area contributed by atoms with Gasteiger partial charge in [0.05, 0.1) is 22.9 Å². The average molecular weight is 305 g/mol. The molecule has 0 saturated heterocycles. The normalized spacial score (nSPS) is 10.4. The van der Waals surface area contributed by atoms with Crippen molar-refractivity contribution in [3.05, 3.63) is 58.4 Å². The molecule has 2 rings (SSSR count). The van der Waals surface area contributed by atoms with Crippen molar-refractivity contribution >= 4 is 23.3 Å². The smallest absolute Gasteiger partial charge is 0.339 e. The van der Waals surface area contributed by atoms with Gasteiger partial charge in [-0.2, -0.15) is 0 Å². The molecule has 0 aliphatic rings. The van der Waals surface area contributed by atoms with E-state index in [2.05, 4.69) is 4.98 Å². The molecule has 0 aliphatic carbocycles. The van der Waals surface area contributed by atoms with Crippen LogP contribution in [0.3, 0.4) is 0 Å². The molecule has 1 aromatic carbocycles. The number of hydrogen-bond acceptors (Lipinski definition) is 3. The van der Waals surface area contributed by atoms with Crippen LogP contribution in [-0.4, -0.2) is 22.6 Å². The fourth-order valence-electron chi connectivity index (χ4n) is 2.24. The van der Waals surface area contributed by atoms with E-state index in [1.54, 1.807) is 18.2 Å². The molecule has 1 aromatic heterocycles. The Balaban J connectivity index is 2.38. The number of benzene rings is 1. The first-order valence-electron chi connectivity index (χ1n) is 6.72. The zero-order valence-electron chi connectivity index (χ0n) is 12.0. The number of halogens is 1. The number of hydrogen-bond donors (Lipinski definition) is 1. The Bertz CT molecular complexity index is 658. The third-order valence-corrected chi connectivity index (χ3v) is 3.54. The van der Waals surface area contributed by atoms with Gasteiger partial charge in [-0.1, -0.05) is 23.7 Å². The van der Waals surface area contributed by atoms with Gasteiger partial charge < -0.3 is 10.0 Å². The average Bonchev–Trinajstić information content (AvgIpc) is 2.44. The lowest BCUT2D eigenvalue weighted by atomic mass is 10.1. The fraction of sp³-hybridized carbons (Fsp3) is 0.250. The second kappa shape index (κ2) is 6.59. The summed E-state index contributed by atoms with van der Waals surface area (Å²) >= 11 is 6.03. The van der Waals surface area contributed by atoms with Crippen LogP contribution in [0.2, 0.25) is 5.02 Å². The Kier molecular flexibility index (Phi) is 4.81. The Morgan fingerprint density at radius 3 is 2.62 bits per heavy atom. The van der Waals surface area contributed by atoms with Crippen LogP contribution in [0.4, 0.5) is 5.69 Å². The summed E-state index contributed by atoms with van der Waals surface area (Å²) < 4.78 is 0. The number of aryl methyl sites for hydroxylation is 1. The number of carboxylic acids is 1. The summed E-state index contributed by atoms with van der Waals surface area (Å²) in [6.07, 6.45) is 0. The molecule has 0 saturated carbocycles. The largest absolute Gasteiger partial charge is 0.478 e. The molecule has 0 unspecified atom stereocenters. The Hall–Kier alpha value is -2.07. The van der Waals surface area contributed by atoms with Crippen LogP contribution in [0, 0.1) is 6.92 Å². The van der Waals surface area contributed by atoms with Gasteiger partial charge in [0, 0.05) is 12.2 Å². The molecular formula is C16H17ClN2O2. The highest BCUT2D eigenvalue weighted by atomic mass is 35.5. The Morgan fingerprint density at radius 1 is 1.29 bits per heavy atom. The van der Waals surface area contributed by atoms with Gasteiger partial charge in [0.1, 0.15) is 5.56 Å². The summed E-state index contributed by atoms with van der Waals surface area (Å²) in [5, 5.41) is 9.62. The molecule has 1 N–H and O–H groups in total. The second-order valence-electron chi connectivity index (χ2n) is 4.72. The van der Waals surface area contributed by atoms with Crippen LogP contribution >= 0.6 is 11.6 Å². The van der Waals surface area contributed by atoms with Gasteiger partial charge in [-0.05, 0) is 38.1 Å². The van der Waals surface area contributed by atoms with Gasteiger partial charge in [0.25, 0.3) is 0 Å². The fourth-order valence-corrected chi connectivity index (χ4v) is 2.49. The third-order valence-electron chi connectivity index (χ3n) is 3.23. The third kappa shape index (κ3) is 3.52. The van der Waals surface area contributed by atoms with Crippen molar-refractivity contribution in [2.24, 2.45) is 0 Å². The molecule has 0 aliphatic heterocycles. The molecule has 0 fully saturated rings. The van der Waals surface area contributed by atoms with Gasteiger partial charge in [0.2, 0.25) is 0 Å². The molecule has 1 heterocycles. The highest BCUT2D eigenvalue weighted by molar-refractivity contribution is 6.34. The van der Waals surface area contributed by atoms with E-state index in [0.29, 0.717) is 18.8 Å². The van der Waals surface area contributed by atoms with Crippen molar-refractivity contribution in [3.8, 4) is 0 Å². The predicted octanol–water partition coefficient (Wildman–Crippen LogP) is 3.77. The topological polar surface area (TPSA) is 53.4 Å². The summed E-state index contributed by atoms with van der Waals surface area (Å²) in [7, 11) is 0. The quantitative estimate of drug-likeness (QED) is 0.913. The highest BCUT2D eigenvalue weighted by Crippen LogP contribution is 2.28. The lowest BCUT2D eigenvalue weighted by molar-refractivity contribution is 0.0697. The molecule has 0 radical (unpaired) electrons. The second-order valence-corrected chi connectivity index (χ2v) is 5.13. The summed E-state index contributed by atoms with van der Waals surface area (Å²) in [4.78, 5) is 17.9. The van der Waals surface area contributed by atoms with E-state index in [0.717, 1.165) is 11.4 Å². The van der Waals surface area contributed by atoms with E-state index in [1.165, 1.54) is 0 Å². The van der Waals surface area contributed by atoms with E-state index >= 15 is 0 Å². The van der Waals surface area contributed by atoms with Crippen LogP contribution in [0.25, 0.3) is 0 Å². The zero-order valence-corrected chi connectivity index (χ0v) is 12.8. The summed E-state index contributed by atoms with van der Waals surface area (Å²) in [6, 6.07) is 10.9. The van der Waals surface area contributed by atoms with Crippen LogP contribution < -0.4 is 4.90 Å². The van der Waals surface area contributed by atoms with Crippen molar-refractivity contribution in [1.29, 1.82) is 0 Å².